The Kier molecular flexibility index (Phi) is 1.54. The summed E-state index contributed by atoms with van der Waals surface area (Å²) in [6.45, 7) is -7.05. The molecule has 2 amide bonds. The second-order valence-electron chi connectivity index (χ2n) is 6.57. The van der Waals surface area contributed by atoms with Crippen LogP contribution in [0.1, 0.15) is 42.1 Å². The van der Waals surface area contributed by atoms with E-state index in [9.17, 15) is 9.59 Å². The van der Waals surface area contributed by atoms with Gasteiger partial charge in [-0.1, -0.05) is 24.2 Å². The van der Waals surface area contributed by atoms with Gasteiger partial charge in [-0.3, -0.25) is 9.59 Å². The smallest absolute Gasteiger partial charge is 0.245 e. The van der Waals surface area contributed by atoms with E-state index in [0.29, 0.717) is 4.90 Å². The number of rotatable bonds is 1. The predicted molar refractivity (Wildman–Crippen MR) is 105 cm³/mol. The van der Waals surface area contributed by atoms with Crippen molar-refractivity contribution in [1.82, 2.24) is 14.8 Å². The highest BCUT2D eigenvalue weighted by Crippen LogP contribution is 2.44. The maximum Gasteiger partial charge on any atom is 0.245 e. The Hall–Kier alpha value is -3.48. The van der Waals surface area contributed by atoms with Gasteiger partial charge < -0.3 is 24.3 Å². The lowest BCUT2D eigenvalue weighted by atomic mass is 9.86. The normalized spacial score (nSPS) is 33.7. The number of carbonyl (C=O) groups excluding carboxylic acids is 2. The number of hydrogen-bond donors (Lipinski definition) is 1. The fourth-order valence-corrected chi connectivity index (χ4v) is 3.75. The highest BCUT2D eigenvalue weighted by molar-refractivity contribution is 5.97. The fourth-order valence-electron chi connectivity index (χ4n) is 3.75. The van der Waals surface area contributed by atoms with E-state index in [-0.39, 0.29) is 16.1 Å². The molecular weight excluding hydrogens is 370 g/mol. The van der Waals surface area contributed by atoms with E-state index >= 15 is 0 Å². The summed E-state index contributed by atoms with van der Waals surface area (Å²) in [6.07, 6.45) is -2.99. The van der Waals surface area contributed by atoms with Crippen molar-refractivity contribution in [3.8, 4) is 11.5 Å². The van der Waals surface area contributed by atoms with Gasteiger partial charge in [0.1, 0.15) is 8.78 Å². The van der Waals surface area contributed by atoms with Crippen LogP contribution in [0.3, 0.4) is 0 Å². The molecule has 0 spiro atoms. The van der Waals surface area contributed by atoms with E-state index in [4.69, 9.17) is 28.7 Å². The number of para-hydroxylation sites is 1. The topological polar surface area (TPSA) is 74.9 Å². The molecule has 7 heteroatoms. The Bertz CT molecular complexity index is 1800. The van der Waals surface area contributed by atoms with Crippen LogP contribution in [0.4, 0.5) is 0 Å². The van der Waals surface area contributed by atoms with E-state index in [1.165, 1.54) is 0 Å². The highest BCUT2D eigenvalue weighted by Gasteiger charge is 2.47. The molecule has 29 heavy (non-hydrogen) atoms. The third-order valence-electron chi connectivity index (χ3n) is 4.98. The molecule has 0 aliphatic carbocycles. The number of likely N-dealkylation sites (N-methyl/N-ethyl adjacent to an activating group) is 1. The first-order valence-electron chi connectivity index (χ1n) is 15.5. The molecule has 1 unspecified atom stereocenters. The number of nitrogens with zero attached hydrogens (tertiary/aromatic N) is 2. The Morgan fingerprint density at radius 1 is 1.21 bits per heavy atom. The molecular formula is C22H19N3O4. The van der Waals surface area contributed by atoms with Crippen LogP contribution in [0, 0.1) is 0 Å². The van der Waals surface area contributed by atoms with Gasteiger partial charge in [-0.05, 0) is 29.3 Å². The van der Waals surface area contributed by atoms with Crippen LogP contribution >= 0.6 is 0 Å². The maximum absolute atomic E-state index is 13.7. The lowest BCUT2D eigenvalue weighted by Crippen LogP contribution is -2.62. The van der Waals surface area contributed by atoms with Gasteiger partial charge in [0.25, 0.3) is 0 Å². The molecule has 7 nitrogen and oxygen atoms in total. The van der Waals surface area contributed by atoms with Gasteiger partial charge in [-0.25, -0.2) is 0 Å². The summed E-state index contributed by atoms with van der Waals surface area (Å²) in [5, 5.41) is -0.400. The number of ether oxygens (including phenoxy) is 2. The first kappa shape index (κ1) is 7.74. The number of nitrogens with one attached hydrogen (secondary N) is 1. The van der Waals surface area contributed by atoms with Crippen LogP contribution in [0.2, 0.25) is 0 Å². The van der Waals surface area contributed by atoms with Gasteiger partial charge in [-0.15, -0.1) is 0 Å². The SMILES string of the molecule is [2H]c1c([2H])c(C2c3[nH]c4c([2H])c([2H])c([2H])c([2H])c4c3C([2H])([2H])[C@@H]3C(=O)N(C([2H])([2H])[2H])CC(=O)N23)c([2H])c2c1OC([2H])([2H])O2. The van der Waals surface area contributed by atoms with Gasteiger partial charge in [0.05, 0.1) is 22.2 Å². The van der Waals surface area contributed by atoms with Gasteiger partial charge in [-0.2, -0.15) is 0 Å². The molecule has 4 heterocycles. The summed E-state index contributed by atoms with van der Waals surface area (Å²) in [5.41, 5.74) is -1.75. The van der Waals surface area contributed by atoms with Crippen LogP contribution in [-0.2, 0) is 16.0 Å². The lowest BCUT2D eigenvalue weighted by molar-refractivity contribution is -0.157. The van der Waals surface area contributed by atoms with Crippen molar-refractivity contribution in [3.05, 3.63) is 59.1 Å². The van der Waals surface area contributed by atoms with Gasteiger partial charge >= 0.3 is 0 Å². The number of aromatic nitrogens is 1. The molecule has 1 N–H and O–H groups in total. The molecule has 0 saturated carbocycles. The van der Waals surface area contributed by atoms with E-state index in [1.807, 2.05) is 0 Å². The average molecular weight is 403 g/mol. The number of fused-ring (bicyclic) bond motifs is 5. The number of benzene rings is 2. The number of carbonyl (C=O) groups is 2. The first-order valence-corrected chi connectivity index (χ1v) is 8.49. The van der Waals surface area contributed by atoms with Crippen molar-refractivity contribution >= 4 is 22.7 Å². The second kappa shape index (κ2) is 5.76. The number of hydrogen-bond acceptors (Lipinski definition) is 4. The Morgan fingerprint density at radius 3 is 2.97 bits per heavy atom. The van der Waals surface area contributed by atoms with Crippen molar-refractivity contribution in [1.29, 1.82) is 0 Å². The summed E-state index contributed by atoms with van der Waals surface area (Å²) in [7, 11) is 0. The molecule has 0 bridgehead atoms. The second-order valence-corrected chi connectivity index (χ2v) is 6.57. The van der Waals surface area contributed by atoms with Crippen LogP contribution in [0.15, 0.2) is 42.3 Å². The average Bonchev–Trinajstić information content (AvgIpc) is 3.46. The zero-order valence-corrected chi connectivity index (χ0v) is 14.4. The van der Waals surface area contributed by atoms with Crippen molar-refractivity contribution in [2.24, 2.45) is 0 Å². The molecule has 3 aliphatic heterocycles. The van der Waals surface area contributed by atoms with E-state index in [1.54, 1.807) is 0 Å². The third-order valence-corrected chi connectivity index (χ3v) is 4.98. The van der Waals surface area contributed by atoms with Crippen LogP contribution in [0.5, 0.6) is 11.5 Å². The van der Waals surface area contributed by atoms with Crippen LogP contribution in [-0.4, -0.2) is 52.9 Å². The molecule has 1 aromatic heterocycles. The minimum Gasteiger partial charge on any atom is -0.454 e. The molecule has 1 saturated heterocycles. The molecule has 146 valence electrons. The summed E-state index contributed by atoms with van der Waals surface area (Å²) >= 11 is 0. The van der Waals surface area contributed by atoms with Crippen molar-refractivity contribution in [3.63, 3.8) is 0 Å². The first-order chi connectivity index (χ1) is 19.7. The Balaban J connectivity index is 1.76. The minimum atomic E-state index is -3.17. The minimum absolute atomic E-state index is 0.202. The summed E-state index contributed by atoms with van der Waals surface area (Å²) in [4.78, 5) is 31.0. The van der Waals surface area contributed by atoms with E-state index < -0.39 is 121 Å². The van der Waals surface area contributed by atoms with Crippen LogP contribution in [0.25, 0.3) is 10.9 Å². The molecule has 0 radical (unpaired) electrons. The molecule has 3 aromatic rings. The largest absolute Gasteiger partial charge is 0.454 e. The molecule has 1 fully saturated rings. The third kappa shape index (κ3) is 2.24. The fraction of sp³-hybridized carbons (Fsp3) is 0.273. The van der Waals surface area contributed by atoms with Crippen LogP contribution < -0.4 is 9.47 Å². The quantitative estimate of drug-likeness (QED) is 0.676. The van der Waals surface area contributed by atoms with Crippen molar-refractivity contribution in [2.75, 3.05) is 20.3 Å². The molecule has 2 aromatic carbocycles. The van der Waals surface area contributed by atoms with E-state index in [0.717, 1.165) is 0 Å². The molecule has 3 aliphatic rings. The number of piperazine rings is 1. The Morgan fingerprint density at radius 2 is 2.07 bits per heavy atom. The summed E-state index contributed by atoms with van der Waals surface area (Å²) in [6, 6.07) is -9.16. The number of H-pyrrole nitrogens is 1. The van der Waals surface area contributed by atoms with Crippen molar-refractivity contribution < 1.29 is 38.3 Å². The zero-order chi connectivity index (χ0) is 31.9. The number of amides is 2. The van der Waals surface area contributed by atoms with Gasteiger partial charge in [0.15, 0.2) is 11.5 Å². The summed E-state index contributed by atoms with van der Waals surface area (Å²) < 4.78 is 126. The monoisotopic (exact) mass is 403 g/mol. The van der Waals surface area contributed by atoms with Gasteiger partial charge in [0, 0.05) is 36.8 Å². The lowest BCUT2D eigenvalue weighted by Gasteiger charge is -2.46. The zero-order valence-electron chi connectivity index (χ0n) is 28.4. The molecule has 2 atom stereocenters. The summed E-state index contributed by atoms with van der Waals surface area (Å²) in [5.74, 6) is -3.68. The maximum atomic E-state index is 13.7. The predicted octanol–water partition coefficient (Wildman–Crippen LogP) is 2.21. The number of aromatic amines is 1. The van der Waals surface area contributed by atoms with Gasteiger partial charge in [0.2, 0.25) is 18.6 Å². The standard InChI is InChI=1S/C22H19N3O4/c1-24-10-19(26)25-16(22(24)27)9-14-13-4-2-3-5-15(13)23-20(14)21(25)12-6-7-17-18(8-12)29-11-28-17/h2-8,16,21,23H,9-11H2,1H3/t16-,21?/m1/s1/i1D3,2D,3D,4D,5D,6D,7D,8D,9D2,11D2. The molecule has 6 rings (SSSR count). The van der Waals surface area contributed by atoms with Crippen molar-refractivity contribution in [2.45, 2.75) is 18.5 Å². The highest BCUT2D eigenvalue weighted by atomic mass is 16.7. The van der Waals surface area contributed by atoms with E-state index in [2.05, 4.69) is 4.98 Å². The Labute approximate surface area is 186 Å².